The van der Waals surface area contributed by atoms with Crippen LogP contribution in [0.1, 0.15) is 189 Å². The van der Waals surface area contributed by atoms with Gasteiger partial charge < -0.3 is 4.74 Å². The van der Waals surface area contributed by atoms with Crippen molar-refractivity contribution in [2.45, 2.75) is 195 Å². The van der Waals surface area contributed by atoms with Crippen LogP contribution in [-0.4, -0.2) is 12.1 Å². The maximum Gasteiger partial charge on any atom is 0.306 e. The van der Waals surface area contributed by atoms with Crippen molar-refractivity contribution in [2.24, 2.45) is 46.3 Å². The zero-order valence-electron chi connectivity index (χ0n) is 32.0. The summed E-state index contributed by atoms with van der Waals surface area (Å²) < 4.78 is 6.12. The Labute approximate surface area is 292 Å². The molecule has 0 N–H and O–H groups in total. The third-order valence-corrected chi connectivity index (χ3v) is 13.9. The van der Waals surface area contributed by atoms with Gasteiger partial charge in [0.2, 0.25) is 0 Å². The minimum atomic E-state index is 0.0477. The summed E-state index contributed by atoms with van der Waals surface area (Å²) in [6.07, 6.45) is 40.5. The summed E-state index contributed by atoms with van der Waals surface area (Å²) in [6, 6.07) is 0. The van der Waals surface area contributed by atoms with Gasteiger partial charge in [-0.2, -0.15) is 0 Å². The van der Waals surface area contributed by atoms with Crippen LogP contribution in [0.4, 0.5) is 0 Å². The predicted octanol–water partition coefficient (Wildman–Crippen LogP) is 13.8. The van der Waals surface area contributed by atoms with Crippen LogP contribution in [0.25, 0.3) is 0 Å². The molecule has 4 rings (SSSR count). The Morgan fingerprint density at radius 3 is 2.30 bits per heavy atom. The number of carbonyl (C=O) groups excluding carboxylic acids is 1. The number of ether oxygens (including phenoxy) is 1. The smallest absolute Gasteiger partial charge is 0.306 e. The number of carbonyl (C=O) groups is 1. The molecule has 0 radical (unpaired) electrons. The first-order valence-corrected chi connectivity index (χ1v) is 20.9. The van der Waals surface area contributed by atoms with E-state index in [9.17, 15) is 4.79 Å². The highest BCUT2D eigenvalue weighted by molar-refractivity contribution is 5.69. The fourth-order valence-corrected chi connectivity index (χ4v) is 11.1. The van der Waals surface area contributed by atoms with E-state index in [1.54, 1.807) is 5.57 Å². The number of unbranched alkanes of at least 4 members (excludes halogenated alkanes) is 8. The lowest BCUT2D eigenvalue weighted by molar-refractivity contribution is -0.151. The Balaban J connectivity index is 1.13. The Morgan fingerprint density at radius 2 is 1.55 bits per heavy atom. The van der Waals surface area contributed by atoms with E-state index in [0.717, 1.165) is 67.6 Å². The summed E-state index contributed by atoms with van der Waals surface area (Å²) >= 11 is 0. The Kier molecular flexibility index (Phi) is 15.7. The summed E-state index contributed by atoms with van der Waals surface area (Å²) in [5.74, 6) is 5.30. The second-order valence-electron chi connectivity index (χ2n) is 17.6. The highest BCUT2D eigenvalue weighted by atomic mass is 16.5. The van der Waals surface area contributed by atoms with Crippen LogP contribution in [-0.2, 0) is 9.53 Å². The number of fused-ring (bicyclic) bond motifs is 5. The Morgan fingerprint density at radius 1 is 0.830 bits per heavy atom. The van der Waals surface area contributed by atoms with E-state index in [0.29, 0.717) is 17.3 Å². The monoisotopic (exact) mass is 649 g/mol. The molecule has 0 bridgehead atoms. The lowest BCUT2D eigenvalue weighted by Crippen LogP contribution is -2.51. The van der Waals surface area contributed by atoms with Gasteiger partial charge in [-0.05, 0) is 130 Å². The standard InChI is InChI=1S/C45H76O2/c1-7-8-9-10-11-12-13-14-15-16-17-18-19-20-21-25-43(46)47-38-30-32-44(5)37(34-38)26-27-39-41-29-28-40(36(4)24-22-23-35(2)3)45(41,6)33-31-42(39)44/h11-12,14-15,26,35-36,38-42H,7-10,13,16-25,27-34H2,1-6H3/b12-11-,15-14+/t36-,38+,39+,40+,41+,42+,44+,45-/m1/s1. The molecule has 2 heteroatoms. The molecule has 0 aromatic heterocycles. The first-order chi connectivity index (χ1) is 22.7. The van der Waals surface area contributed by atoms with E-state index in [-0.39, 0.29) is 12.1 Å². The lowest BCUT2D eigenvalue weighted by atomic mass is 9.47. The number of allylic oxidation sites excluding steroid dienone is 5. The van der Waals surface area contributed by atoms with Crippen LogP contribution in [0.15, 0.2) is 36.0 Å². The van der Waals surface area contributed by atoms with Crippen molar-refractivity contribution in [3.8, 4) is 0 Å². The van der Waals surface area contributed by atoms with Crippen molar-refractivity contribution in [3.63, 3.8) is 0 Å². The van der Waals surface area contributed by atoms with Crippen LogP contribution < -0.4 is 0 Å². The molecule has 0 heterocycles. The molecular formula is C45H76O2. The summed E-state index contributed by atoms with van der Waals surface area (Å²) in [4.78, 5) is 12.8. The molecule has 268 valence electrons. The molecule has 3 saturated carbocycles. The van der Waals surface area contributed by atoms with Crippen LogP contribution in [0, 0.1) is 46.3 Å². The molecule has 0 aliphatic heterocycles. The molecule has 0 saturated heterocycles. The van der Waals surface area contributed by atoms with Crippen LogP contribution in [0.3, 0.4) is 0 Å². The number of hydrogen-bond acceptors (Lipinski definition) is 2. The van der Waals surface area contributed by atoms with E-state index >= 15 is 0 Å². The molecule has 47 heavy (non-hydrogen) atoms. The van der Waals surface area contributed by atoms with Gasteiger partial charge in [0.05, 0.1) is 0 Å². The molecule has 0 unspecified atom stereocenters. The van der Waals surface area contributed by atoms with Gasteiger partial charge in [-0.1, -0.05) is 129 Å². The van der Waals surface area contributed by atoms with Crippen LogP contribution >= 0.6 is 0 Å². The fraction of sp³-hybridized carbons (Fsp3) is 0.844. The summed E-state index contributed by atoms with van der Waals surface area (Å²) in [5.41, 5.74) is 2.52. The molecule has 2 nitrogen and oxygen atoms in total. The molecular weight excluding hydrogens is 572 g/mol. The maximum absolute atomic E-state index is 12.8. The van der Waals surface area contributed by atoms with Gasteiger partial charge in [-0.3, -0.25) is 4.79 Å². The second-order valence-corrected chi connectivity index (χ2v) is 17.6. The van der Waals surface area contributed by atoms with Crippen molar-refractivity contribution >= 4 is 5.97 Å². The molecule has 4 aliphatic rings. The van der Waals surface area contributed by atoms with Gasteiger partial charge >= 0.3 is 5.97 Å². The first-order valence-electron chi connectivity index (χ1n) is 20.9. The van der Waals surface area contributed by atoms with Gasteiger partial charge in [0.25, 0.3) is 0 Å². The summed E-state index contributed by atoms with van der Waals surface area (Å²) in [6.45, 7) is 14.9. The number of esters is 1. The van der Waals surface area contributed by atoms with Crippen molar-refractivity contribution in [2.75, 3.05) is 0 Å². The first kappa shape index (κ1) is 38.5. The van der Waals surface area contributed by atoms with Crippen LogP contribution in [0.5, 0.6) is 0 Å². The number of hydrogen-bond donors (Lipinski definition) is 0. The Hall–Kier alpha value is -1.31. The van der Waals surface area contributed by atoms with Crippen molar-refractivity contribution in [3.05, 3.63) is 36.0 Å². The van der Waals surface area contributed by atoms with Crippen molar-refractivity contribution < 1.29 is 9.53 Å². The molecule has 3 fully saturated rings. The lowest BCUT2D eigenvalue weighted by Gasteiger charge is -2.58. The molecule has 4 aliphatic carbocycles. The van der Waals surface area contributed by atoms with E-state index in [1.165, 1.54) is 109 Å². The predicted molar refractivity (Wildman–Crippen MR) is 202 cm³/mol. The third kappa shape index (κ3) is 10.6. The summed E-state index contributed by atoms with van der Waals surface area (Å²) in [7, 11) is 0. The number of rotatable bonds is 20. The maximum atomic E-state index is 12.8. The van der Waals surface area contributed by atoms with Gasteiger partial charge in [-0.15, -0.1) is 0 Å². The molecule has 0 aromatic rings. The van der Waals surface area contributed by atoms with Crippen molar-refractivity contribution in [1.29, 1.82) is 0 Å². The van der Waals surface area contributed by atoms with Crippen LogP contribution in [0.2, 0.25) is 0 Å². The zero-order valence-corrected chi connectivity index (χ0v) is 32.0. The average molecular weight is 649 g/mol. The van der Waals surface area contributed by atoms with Gasteiger partial charge in [0.15, 0.2) is 0 Å². The SMILES string of the molecule is CCCCC/C=C\C/C=C/CCCCCCCC(=O)O[C@H]1CC[C@@]2(C)C(=CC[C@H]3[C@@H]4CC[C@@H]([C@H](C)CCCC(C)C)[C@@]4(C)CC[C@@H]32)C1. The molecule has 0 aromatic carbocycles. The normalized spacial score (nSPS) is 32.7. The van der Waals surface area contributed by atoms with Gasteiger partial charge in [-0.25, -0.2) is 0 Å². The Bertz CT molecular complexity index is 1020. The van der Waals surface area contributed by atoms with E-state index < -0.39 is 0 Å². The summed E-state index contributed by atoms with van der Waals surface area (Å²) in [5, 5.41) is 0. The average Bonchev–Trinajstić information content (AvgIpc) is 3.40. The topological polar surface area (TPSA) is 26.3 Å². The highest BCUT2D eigenvalue weighted by Gasteiger charge is 2.59. The third-order valence-electron chi connectivity index (χ3n) is 13.9. The largest absolute Gasteiger partial charge is 0.462 e. The second kappa shape index (κ2) is 19.2. The van der Waals surface area contributed by atoms with E-state index in [1.807, 2.05) is 0 Å². The molecule has 8 atom stereocenters. The van der Waals surface area contributed by atoms with Crippen molar-refractivity contribution in [1.82, 2.24) is 0 Å². The fourth-order valence-electron chi connectivity index (χ4n) is 11.1. The van der Waals surface area contributed by atoms with Gasteiger partial charge in [0.1, 0.15) is 6.10 Å². The minimum Gasteiger partial charge on any atom is -0.462 e. The zero-order chi connectivity index (χ0) is 33.7. The van der Waals surface area contributed by atoms with Gasteiger partial charge in [0, 0.05) is 12.8 Å². The molecule has 0 amide bonds. The highest BCUT2D eigenvalue weighted by Crippen LogP contribution is 2.67. The molecule has 0 spiro atoms. The quantitative estimate of drug-likeness (QED) is 0.0746. The van der Waals surface area contributed by atoms with E-state index in [2.05, 4.69) is 71.9 Å². The van der Waals surface area contributed by atoms with E-state index in [4.69, 9.17) is 4.74 Å². The minimum absolute atomic E-state index is 0.0477.